The Hall–Kier alpha value is -2.77. The molecule has 154 valence electrons. The Labute approximate surface area is 165 Å². The van der Waals surface area contributed by atoms with Crippen LogP contribution in [0.5, 0.6) is 5.75 Å². The largest absolute Gasteiger partial charge is 0.482 e. The highest BCUT2D eigenvalue weighted by Gasteiger charge is 2.32. The summed E-state index contributed by atoms with van der Waals surface area (Å²) in [6.07, 6.45) is -0.181. The molecule has 1 heterocycles. The van der Waals surface area contributed by atoms with Crippen LogP contribution in [0.4, 0.5) is 4.79 Å². The fraction of sp³-hybridized carbons (Fsp3) is 0.550. The highest BCUT2D eigenvalue weighted by molar-refractivity contribution is 5.79. The molecule has 0 radical (unpaired) electrons. The van der Waals surface area contributed by atoms with Gasteiger partial charge in [0, 0.05) is 25.7 Å². The predicted octanol–water partition coefficient (Wildman–Crippen LogP) is 2.16. The maximum Gasteiger partial charge on any atom is 0.410 e. The maximum absolute atomic E-state index is 12.7. The highest BCUT2D eigenvalue weighted by atomic mass is 16.6. The predicted molar refractivity (Wildman–Crippen MR) is 102 cm³/mol. The van der Waals surface area contributed by atoms with Crippen LogP contribution in [-0.2, 0) is 20.7 Å². The molecular formula is C20H28N2O6. The van der Waals surface area contributed by atoms with Crippen LogP contribution in [0.25, 0.3) is 0 Å². The van der Waals surface area contributed by atoms with Crippen molar-refractivity contribution in [2.45, 2.75) is 45.8 Å². The third kappa shape index (κ3) is 6.44. The molecule has 1 aliphatic heterocycles. The molecule has 2 amide bonds. The normalized spacial score (nSPS) is 17.2. The number of hydrogen-bond acceptors (Lipinski definition) is 5. The van der Waals surface area contributed by atoms with Crippen LogP contribution in [0.2, 0.25) is 0 Å². The minimum atomic E-state index is -1.06. The minimum absolute atomic E-state index is 0.0499. The Bertz CT molecular complexity index is 728. The lowest BCUT2D eigenvalue weighted by Crippen LogP contribution is -2.56. The van der Waals surface area contributed by atoms with Crippen molar-refractivity contribution in [1.29, 1.82) is 0 Å². The molecule has 1 aromatic carbocycles. The molecule has 1 atom stereocenters. The van der Waals surface area contributed by atoms with Crippen LogP contribution < -0.4 is 4.74 Å². The zero-order chi connectivity index (χ0) is 20.9. The van der Waals surface area contributed by atoms with Gasteiger partial charge >= 0.3 is 12.1 Å². The molecule has 0 spiro atoms. The molecule has 8 nitrogen and oxygen atoms in total. The van der Waals surface area contributed by atoms with Gasteiger partial charge in [0.15, 0.2) is 6.61 Å². The first-order valence-electron chi connectivity index (χ1n) is 9.26. The van der Waals surface area contributed by atoms with Gasteiger partial charge in [-0.15, -0.1) is 0 Å². The third-order valence-corrected chi connectivity index (χ3v) is 4.22. The summed E-state index contributed by atoms with van der Waals surface area (Å²) in [5.74, 6) is -0.694. The molecule has 28 heavy (non-hydrogen) atoms. The van der Waals surface area contributed by atoms with Gasteiger partial charge in [-0.05, 0) is 45.4 Å². The number of piperazine rings is 1. The summed E-state index contributed by atoms with van der Waals surface area (Å²) in [6, 6.07) is 6.70. The second kappa shape index (κ2) is 8.95. The molecule has 1 aromatic rings. The molecule has 0 saturated carbocycles. The van der Waals surface area contributed by atoms with Gasteiger partial charge in [0.05, 0.1) is 6.42 Å². The van der Waals surface area contributed by atoms with Gasteiger partial charge in [0.25, 0.3) is 0 Å². The van der Waals surface area contributed by atoms with Crippen LogP contribution >= 0.6 is 0 Å². The van der Waals surface area contributed by atoms with Crippen LogP contribution in [0.15, 0.2) is 24.3 Å². The summed E-state index contributed by atoms with van der Waals surface area (Å²) >= 11 is 0. The number of benzene rings is 1. The molecule has 0 aliphatic carbocycles. The average Bonchev–Trinajstić information content (AvgIpc) is 2.58. The quantitative estimate of drug-likeness (QED) is 0.825. The monoisotopic (exact) mass is 392 g/mol. The van der Waals surface area contributed by atoms with E-state index in [0.717, 1.165) is 5.56 Å². The standard InChI is InChI=1S/C20H28N2O6/c1-14-12-21(8-9-22(14)19(26)28-20(2,3)4)17(23)11-15-6-5-7-16(10-15)27-13-18(24)25/h5-7,10,14H,8-9,11-13H2,1-4H3,(H,24,25). The van der Waals surface area contributed by atoms with Crippen molar-refractivity contribution in [2.75, 3.05) is 26.2 Å². The van der Waals surface area contributed by atoms with Crippen molar-refractivity contribution in [2.24, 2.45) is 0 Å². The lowest BCUT2D eigenvalue weighted by molar-refractivity contribution is -0.139. The maximum atomic E-state index is 12.7. The number of carboxylic acids is 1. The SMILES string of the molecule is CC1CN(C(=O)Cc2cccc(OCC(=O)O)c2)CCN1C(=O)OC(C)(C)C. The fourth-order valence-corrected chi connectivity index (χ4v) is 2.95. The average molecular weight is 392 g/mol. The number of carbonyl (C=O) groups is 3. The smallest absolute Gasteiger partial charge is 0.410 e. The third-order valence-electron chi connectivity index (χ3n) is 4.22. The van der Waals surface area contributed by atoms with Crippen molar-refractivity contribution in [3.8, 4) is 5.75 Å². The summed E-state index contributed by atoms with van der Waals surface area (Å²) in [7, 11) is 0. The second-order valence-corrected chi connectivity index (χ2v) is 7.87. The number of nitrogens with zero attached hydrogens (tertiary/aromatic N) is 2. The van der Waals surface area contributed by atoms with Crippen LogP contribution in [0, 0.1) is 0 Å². The van der Waals surface area contributed by atoms with E-state index >= 15 is 0 Å². The zero-order valence-electron chi connectivity index (χ0n) is 16.8. The first kappa shape index (κ1) is 21.5. The van der Waals surface area contributed by atoms with E-state index in [1.54, 1.807) is 34.1 Å². The van der Waals surface area contributed by atoms with E-state index in [1.807, 2.05) is 27.7 Å². The van der Waals surface area contributed by atoms with Crippen LogP contribution in [-0.4, -0.2) is 70.8 Å². The molecule has 1 unspecified atom stereocenters. The number of amides is 2. The van der Waals surface area contributed by atoms with Gasteiger partial charge in [0.1, 0.15) is 11.4 Å². The highest BCUT2D eigenvalue weighted by Crippen LogP contribution is 2.18. The molecule has 0 aromatic heterocycles. The number of carboxylic acid groups (broad SMARTS) is 1. The molecule has 1 aliphatic rings. The van der Waals surface area contributed by atoms with E-state index in [-0.39, 0.29) is 24.5 Å². The van der Waals surface area contributed by atoms with Crippen molar-refractivity contribution >= 4 is 18.0 Å². The molecule has 1 saturated heterocycles. The first-order chi connectivity index (χ1) is 13.0. The number of rotatable bonds is 5. The second-order valence-electron chi connectivity index (χ2n) is 7.87. The molecular weight excluding hydrogens is 364 g/mol. The fourth-order valence-electron chi connectivity index (χ4n) is 2.95. The lowest BCUT2D eigenvalue weighted by Gasteiger charge is -2.40. The van der Waals surface area contributed by atoms with Gasteiger partial charge in [-0.1, -0.05) is 12.1 Å². The van der Waals surface area contributed by atoms with E-state index in [0.29, 0.717) is 25.4 Å². The molecule has 1 N–H and O–H groups in total. The summed E-state index contributed by atoms with van der Waals surface area (Å²) in [4.78, 5) is 38.9. The molecule has 1 fully saturated rings. The Morgan fingerprint density at radius 1 is 1.21 bits per heavy atom. The molecule has 0 bridgehead atoms. The Morgan fingerprint density at radius 2 is 1.93 bits per heavy atom. The van der Waals surface area contributed by atoms with E-state index in [2.05, 4.69) is 0 Å². The summed E-state index contributed by atoms with van der Waals surface area (Å²) < 4.78 is 10.6. The number of hydrogen-bond donors (Lipinski definition) is 1. The molecule has 2 rings (SSSR count). The first-order valence-corrected chi connectivity index (χ1v) is 9.26. The van der Waals surface area contributed by atoms with Gasteiger partial charge in [0.2, 0.25) is 5.91 Å². The van der Waals surface area contributed by atoms with E-state index < -0.39 is 18.2 Å². The van der Waals surface area contributed by atoms with Crippen LogP contribution in [0.3, 0.4) is 0 Å². The topological polar surface area (TPSA) is 96.4 Å². The minimum Gasteiger partial charge on any atom is -0.482 e. The van der Waals surface area contributed by atoms with Crippen molar-refractivity contribution in [3.05, 3.63) is 29.8 Å². The number of aliphatic carboxylic acids is 1. The van der Waals surface area contributed by atoms with Gasteiger partial charge in [-0.25, -0.2) is 9.59 Å². The van der Waals surface area contributed by atoms with E-state index in [1.165, 1.54) is 0 Å². The van der Waals surface area contributed by atoms with Crippen molar-refractivity contribution < 1.29 is 29.0 Å². The summed E-state index contributed by atoms with van der Waals surface area (Å²) in [6.45, 7) is 8.23. The molecule has 8 heteroatoms. The zero-order valence-corrected chi connectivity index (χ0v) is 16.8. The van der Waals surface area contributed by atoms with E-state index in [4.69, 9.17) is 14.6 Å². The number of carbonyl (C=O) groups excluding carboxylic acids is 2. The van der Waals surface area contributed by atoms with Gasteiger partial charge < -0.3 is 24.4 Å². The Balaban J connectivity index is 1.92. The lowest BCUT2D eigenvalue weighted by atomic mass is 10.1. The van der Waals surface area contributed by atoms with Crippen molar-refractivity contribution in [1.82, 2.24) is 9.80 Å². The Kier molecular flexibility index (Phi) is 6.88. The summed E-state index contributed by atoms with van der Waals surface area (Å²) in [5, 5.41) is 8.68. The van der Waals surface area contributed by atoms with Gasteiger partial charge in [-0.3, -0.25) is 4.79 Å². The van der Waals surface area contributed by atoms with E-state index in [9.17, 15) is 14.4 Å². The Morgan fingerprint density at radius 3 is 2.54 bits per heavy atom. The van der Waals surface area contributed by atoms with Gasteiger partial charge in [-0.2, -0.15) is 0 Å². The summed E-state index contributed by atoms with van der Waals surface area (Å²) in [5.41, 5.74) is 0.187. The number of ether oxygens (including phenoxy) is 2. The van der Waals surface area contributed by atoms with Crippen molar-refractivity contribution in [3.63, 3.8) is 0 Å². The van der Waals surface area contributed by atoms with Crippen LogP contribution in [0.1, 0.15) is 33.3 Å².